The Balaban J connectivity index is 2.03. The molecule has 130 valence electrons. The van der Waals surface area contributed by atoms with Gasteiger partial charge in [-0.25, -0.2) is 4.98 Å². The summed E-state index contributed by atoms with van der Waals surface area (Å²) in [5, 5.41) is 0. The number of benzene rings is 1. The number of alkyl halides is 2. The number of rotatable bonds is 5. The van der Waals surface area contributed by atoms with E-state index in [1.54, 1.807) is 23.6 Å². The molecule has 0 fully saturated rings. The highest BCUT2D eigenvalue weighted by atomic mass is 19.3. The van der Waals surface area contributed by atoms with Crippen molar-refractivity contribution in [2.24, 2.45) is 0 Å². The summed E-state index contributed by atoms with van der Waals surface area (Å²) in [4.78, 5) is 4.09. The molecule has 1 aromatic carbocycles. The van der Waals surface area contributed by atoms with E-state index < -0.39 is 6.61 Å². The van der Waals surface area contributed by atoms with Gasteiger partial charge in [0.25, 0.3) is 0 Å². The Hall–Kier alpha value is -2.69. The zero-order chi connectivity index (χ0) is 18.0. The highest BCUT2D eigenvalue weighted by Gasteiger charge is 2.15. The first-order valence-electron chi connectivity index (χ1n) is 8.16. The maximum absolute atomic E-state index is 12.7. The highest BCUT2D eigenvalue weighted by molar-refractivity contribution is 5.68. The van der Waals surface area contributed by atoms with Crippen molar-refractivity contribution in [2.45, 2.75) is 33.3 Å². The Morgan fingerprint density at radius 2 is 1.80 bits per heavy atom. The predicted octanol–water partition coefficient (Wildman–Crippen LogP) is 5.57. The number of halogens is 2. The first kappa shape index (κ1) is 17.1. The molecule has 0 saturated heterocycles. The molecule has 3 rings (SSSR count). The number of nitrogens with zero attached hydrogens (tertiary/aromatic N) is 2. The van der Waals surface area contributed by atoms with Gasteiger partial charge in [-0.2, -0.15) is 8.78 Å². The Bertz CT molecular complexity index is 872. The summed E-state index contributed by atoms with van der Waals surface area (Å²) in [6.45, 7) is 3.12. The van der Waals surface area contributed by atoms with Crippen LogP contribution in [-0.4, -0.2) is 16.2 Å². The lowest BCUT2D eigenvalue weighted by Gasteiger charge is -2.12. The molecule has 3 nitrogen and oxygen atoms in total. The zero-order valence-corrected chi connectivity index (χ0v) is 14.4. The van der Waals surface area contributed by atoms with Crippen molar-refractivity contribution in [1.29, 1.82) is 0 Å². The smallest absolute Gasteiger partial charge is 0.388 e. The van der Waals surface area contributed by atoms with Crippen LogP contribution < -0.4 is 4.74 Å². The normalized spacial score (nSPS) is 11.3. The van der Waals surface area contributed by atoms with Crippen LogP contribution in [0.2, 0.25) is 0 Å². The van der Waals surface area contributed by atoms with Crippen LogP contribution in [0.3, 0.4) is 0 Å². The lowest BCUT2D eigenvalue weighted by molar-refractivity contribution is -0.0529. The molecule has 0 aliphatic carbocycles. The number of aromatic nitrogens is 2. The second-order valence-corrected chi connectivity index (χ2v) is 6.20. The number of ether oxygens (including phenoxy) is 1. The Morgan fingerprint density at radius 3 is 2.52 bits per heavy atom. The Kier molecular flexibility index (Phi) is 4.83. The molecule has 0 amide bonds. The molecular weight excluding hydrogens is 322 g/mol. The van der Waals surface area contributed by atoms with E-state index >= 15 is 0 Å². The third-order valence-corrected chi connectivity index (χ3v) is 4.04. The molecule has 0 saturated carbocycles. The summed E-state index contributed by atoms with van der Waals surface area (Å²) in [5.74, 6) is 0.313. The average molecular weight is 342 g/mol. The summed E-state index contributed by atoms with van der Waals surface area (Å²) < 4.78 is 31.7. The van der Waals surface area contributed by atoms with Crippen molar-refractivity contribution in [2.75, 3.05) is 0 Å². The maximum atomic E-state index is 12.7. The van der Waals surface area contributed by atoms with Crippen LogP contribution >= 0.6 is 0 Å². The van der Waals surface area contributed by atoms with Gasteiger partial charge in [-0.05, 0) is 42.2 Å². The van der Waals surface area contributed by atoms with Crippen LogP contribution in [0.25, 0.3) is 16.8 Å². The Morgan fingerprint density at radius 1 is 1.04 bits per heavy atom. The number of hydrogen-bond donors (Lipinski definition) is 0. The molecule has 0 unspecified atom stereocenters. The summed E-state index contributed by atoms with van der Waals surface area (Å²) in [6, 6.07) is 13.7. The second-order valence-electron chi connectivity index (χ2n) is 6.20. The number of pyridine rings is 1. The van der Waals surface area contributed by atoms with Crippen LogP contribution in [0, 0.1) is 6.92 Å². The molecule has 2 heterocycles. The first-order valence-corrected chi connectivity index (χ1v) is 8.16. The SMILES string of the molecule is Cc1ccc(-n2ccc(-c3ccccc3C(C)C)c2)c(OC(F)F)n1. The molecule has 0 N–H and O–H groups in total. The minimum atomic E-state index is -2.91. The highest BCUT2D eigenvalue weighted by Crippen LogP contribution is 2.31. The van der Waals surface area contributed by atoms with Gasteiger partial charge in [-0.3, -0.25) is 0 Å². The standard InChI is InChI=1S/C20H20F2N2O/c1-13(2)16-6-4-5-7-17(16)15-10-11-24(12-15)18-9-8-14(3)23-19(18)25-20(21)22/h4-13,20H,1-3H3. The molecule has 3 aromatic rings. The zero-order valence-electron chi connectivity index (χ0n) is 14.4. The van der Waals surface area contributed by atoms with Crippen LogP contribution in [0.15, 0.2) is 54.9 Å². The van der Waals surface area contributed by atoms with E-state index in [4.69, 9.17) is 0 Å². The van der Waals surface area contributed by atoms with Gasteiger partial charge in [0.05, 0.1) is 0 Å². The van der Waals surface area contributed by atoms with E-state index in [1.165, 1.54) is 5.56 Å². The number of hydrogen-bond acceptors (Lipinski definition) is 2. The minimum absolute atomic E-state index is 0.0747. The largest absolute Gasteiger partial charge is 0.415 e. The fraction of sp³-hybridized carbons (Fsp3) is 0.250. The van der Waals surface area contributed by atoms with E-state index in [-0.39, 0.29) is 5.88 Å². The second kappa shape index (κ2) is 7.05. The summed E-state index contributed by atoms with van der Waals surface area (Å²) >= 11 is 0. The molecular formula is C20H20F2N2O. The van der Waals surface area contributed by atoms with Gasteiger partial charge in [0.1, 0.15) is 5.69 Å². The molecule has 0 radical (unpaired) electrons. The summed E-state index contributed by atoms with van der Waals surface area (Å²) in [5.41, 5.74) is 4.50. The molecule has 0 aliphatic rings. The lowest BCUT2D eigenvalue weighted by atomic mass is 9.94. The minimum Gasteiger partial charge on any atom is -0.415 e. The molecule has 25 heavy (non-hydrogen) atoms. The van der Waals surface area contributed by atoms with Crippen molar-refractivity contribution in [3.63, 3.8) is 0 Å². The Labute approximate surface area is 145 Å². The summed E-state index contributed by atoms with van der Waals surface area (Å²) in [7, 11) is 0. The van der Waals surface area contributed by atoms with Gasteiger partial charge >= 0.3 is 6.61 Å². The van der Waals surface area contributed by atoms with Gasteiger partial charge in [0.15, 0.2) is 0 Å². The first-order chi connectivity index (χ1) is 12.0. The molecule has 0 bridgehead atoms. The topological polar surface area (TPSA) is 27.1 Å². The van der Waals surface area contributed by atoms with Crippen molar-refractivity contribution < 1.29 is 13.5 Å². The number of aryl methyl sites for hydroxylation is 1. The molecule has 2 aromatic heterocycles. The third-order valence-electron chi connectivity index (χ3n) is 4.04. The third kappa shape index (κ3) is 3.71. The molecule has 0 spiro atoms. The fourth-order valence-electron chi connectivity index (χ4n) is 2.86. The maximum Gasteiger partial charge on any atom is 0.388 e. The van der Waals surface area contributed by atoms with Gasteiger partial charge in [-0.1, -0.05) is 38.1 Å². The van der Waals surface area contributed by atoms with Gasteiger partial charge in [0, 0.05) is 23.7 Å². The predicted molar refractivity (Wildman–Crippen MR) is 94.5 cm³/mol. The van der Waals surface area contributed by atoms with E-state index in [9.17, 15) is 8.78 Å². The fourth-order valence-corrected chi connectivity index (χ4v) is 2.86. The van der Waals surface area contributed by atoms with Crippen molar-refractivity contribution in [3.05, 3.63) is 66.1 Å². The van der Waals surface area contributed by atoms with Gasteiger partial charge in [0.2, 0.25) is 5.88 Å². The quantitative estimate of drug-likeness (QED) is 0.606. The van der Waals surface area contributed by atoms with Crippen molar-refractivity contribution >= 4 is 0 Å². The van der Waals surface area contributed by atoms with Gasteiger partial charge in [-0.15, -0.1) is 0 Å². The lowest BCUT2D eigenvalue weighted by Crippen LogP contribution is -2.07. The van der Waals surface area contributed by atoms with Crippen molar-refractivity contribution in [1.82, 2.24) is 9.55 Å². The monoisotopic (exact) mass is 342 g/mol. The molecule has 0 aliphatic heterocycles. The van der Waals surface area contributed by atoms with Crippen molar-refractivity contribution in [3.8, 4) is 22.7 Å². The van der Waals surface area contributed by atoms with E-state index in [1.807, 2.05) is 30.6 Å². The summed E-state index contributed by atoms with van der Waals surface area (Å²) in [6.07, 6.45) is 3.74. The van der Waals surface area contributed by atoms with Gasteiger partial charge < -0.3 is 9.30 Å². The van der Waals surface area contributed by atoms with E-state index in [2.05, 4.69) is 35.7 Å². The van der Waals surface area contributed by atoms with E-state index in [0.717, 1.165) is 11.1 Å². The average Bonchev–Trinajstić information content (AvgIpc) is 3.04. The molecule has 0 atom stereocenters. The van der Waals surface area contributed by atoms with Crippen LogP contribution in [0.1, 0.15) is 31.0 Å². The van der Waals surface area contributed by atoms with Crippen LogP contribution in [0.4, 0.5) is 8.78 Å². The molecule has 5 heteroatoms. The van der Waals surface area contributed by atoms with Crippen LogP contribution in [0.5, 0.6) is 5.88 Å². The van der Waals surface area contributed by atoms with E-state index in [0.29, 0.717) is 17.3 Å². The van der Waals surface area contributed by atoms with Crippen LogP contribution in [-0.2, 0) is 0 Å².